The van der Waals surface area contributed by atoms with Crippen molar-refractivity contribution >= 4 is 17.5 Å². The molecule has 174 valence electrons. The topological polar surface area (TPSA) is 97.1 Å². The van der Waals surface area contributed by atoms with Gasteiger partial charge in [0.15, 0.2) is 0 Å². The van der Waals surface area contributed by atoms with Crippen LogP contribution in [0, 0.1) is 19.3 Å². The molecule has 2 aromatic carbocycles. The smallest absolute Gasteiger partial charge is 0.251 e. The Bertz CT molecular complexity index is 1390. The molecule has 0 radical (unpaired) electrons. The molecular weight excluding hydrogens is 440 g/mol. The summed E-state index contributed by atoms with van der Waals surface area (Å²) in [4.78, 5) is 33.5. The fourth-order valence-corrected chi connectivity index (χ4v) is 3.49. The highest BCUT2D eigenvalue weighted by Crippen LogP contribution is 2.24. The van der Waals surface area contributed by atoms with Crippen molar-refractivity contribution in [2.75, 3.05) is 5.32 Å². The second-order valence-electron chi connectivity index (χ2n) is 7.92. The number of carbonyl (C=O) groups is 2. The van der Waals surface area contributed by atoms with E-state index >= 15 is 0 Å². The minimum atomic E-state index is -0.248. The summed E-state index contributed by atoms with van der Waals surface area (Å²) in [7, 11) is 0. The predicted molar refractivity (Wildman–Crippen MR) is 133 cm³/mol. The number of hydrogen-bond donors (Lipinski definition) is 2. The summed E-state index contributed by atoms with van der Waals surface area (Å²) >= 11 is 0. The molecule has 2 heterocycles. The Balaban J connectivity index is 1.38. The Morgan fingerprint density at radius 3 is 2.74 bits per heavy atom. The van der Waals surface area contributed by atoms with Crippen molar-refractivity contribution in [3.05, 3.63) is 101 Å². The zero-order valence-corrected chi connectivity index (χ0v) is 19.2. The van der Waals surface area contributed by atoms with Gasteiger partial charge in [0.05, 0.1) is 6.54 Å². The maximum atomic E-state index is 12.5. The normalized spacial score (nSPS) is 10.4. The van der Waals surface area contributed by atoms with Crippen molar-refractivity contribution < 1.29 is 14.0 Å². The lowest BCUT2D eigenvalue weighted by Crippen LogP contribution is -2.23. The highest BCUT2D eigenvalue weighted by molar-refractivity contribution is 5.94. The van der Waals surface area contributed by atoms with Gasteiger partial charge in [-0.25, -0.2) is 4.98 Å². The van der Waals surface area contributed by atoms with Crippen LogP contribution in [-0.2, 0) is 17.8 Å². The monoisotopic (exact) mass is 464 g/mol. The first kappa shape index (κ1) is 23.5. The van der Waals surface area contributed by atoms with E-state index in [9.17, 15) is 9.59 Å². The molecule has 7 heteroatoms. The molecule has 0 aliphatic carbocycles. The average molecular weight is 465 g/mol. The minimum absolute atomic E-state index is 0.0908. The Labute approximate surface area is 203 Å². The van der Waals surface area contributed by atoms with Crippen LogP contribution in [0.25, 0.3) is 11.5 Å². The van der Waals surface area contributed by atoms with E-state index in [-0.39, 0.29) is 18.4 Å². The average Bonchev–Trinajstić information content (AvgIpc) is 3.27. The quantitative estimate of drug-likeness (QED) is 0.374. The largest absolute Gasteiger partial charge is 0.441 e. The van der Waals surface area contributed by atoms with Crippen molar-refractivity contribution in [2.45, 2.75) is 26.3 Å². The van der Waals surface area contributed by atoms with Crippen LogP contribution in [0.1, 0.15) is 39.4 Å². The van der Waals surface area contributed by atoms with Crippen LogP contribution in [0.15, 0.2) is 77.5 Å². The molecule has 7 nitrogen and oxygen atoms in total. The van der Waals surface area contributed by atoms with Gasteiger partial charge < -0.3 is 15.1 Å². The van der Waals surface area contributed by atoms with E-state index in [2.05, 4.69) is 26.5 Å². The fraction of sp³-hybridized carbons (Fsp3) is 0.143. The maximum Gasteiger partial charge on any atom is 0.251 e. The number of anilines is 1. The van der Waals surface area contributed by atoms with Crippen molar-refractivity contribution in [2.24, 2.45) is 0 Å². The number of nitrogens with one attached hydrogen (secondary N) is 2. The van der Waals surface area contributed by atoms with E-state index in [1.54, 1.807) is 49.6 Å². The molecule has 2 amide bonds. The van der Waals surface area contributed by atoms with E-state index < -0.39 is 0 Å². The number of terminal acetylenes is 1. The van der Waals surface area contributed by atoms with Crippen molar-refractivity contribution in [3.8, 4) is 23.8 Å². The molecule has 2 N–H and O–H groups in total. The number of pyridine rings is 1. The molecule has 4 aromatic rings. The molecule has 4 rings (SSSR count). The van der Waals surface area contributed by atoms with E-state index in [0.29, 0.717) is 47.0 Å². The van der Waals surface area contributed by atoms with Crippen LogP contribution in [0.3, 0.4) is 0 Å². The maximum absolute atomic E-state index is 12.5. The summed E-state index contributed by atoms with van der Waals surface area (Å²) < 4.78 is 5.83. The Kier molecular flexibility index (Phi) is 7.34. The van der Waals surface area contributed by atoms with Gasteiger partial charge in [0.1, 0.15) is 11.5 Å². The van der Waals surface area contributed by atoms with E-state index in [0.717, 1.165) is 11.1 Å². The van der Waals surface area contributed by atoms with E-state index in [4.69, 9.17) is 10.8 Å². The van der Waals surface area contributed by atoms with Gasteiger partial charge in [0.25, 0.3) is 5.91 Å². The SMILES string of the molecule is C#Cc1cccc(C(=O)NCc2nc(-c3cccc(NC(=O)CCc4cccnc4)c3)oc2C)c1. The van der Waals surface area contributed by atoms with Gasteiger partial charge >= 0.3 is 0 Å². The molecule has 0 unspecified atom stereocenters. The van der Waals surface area contributed by atoms with Gasteiger partial charge in [-0.05, 0) is 61.4 Å². The molecule has 0 aliphatic rings. The standard InChI is InChI=1S/C28H24N4O3/c1-3-20-7-4-9-22(15-20)27(34)30-18-25-19(2)35-28(32-25)23-10-5-11-24(16-23)31-26(33)13-12-21-8-6-14-29-17-21/h1,4-11,14-17H,12-13,18H2,2H3,(H,30,34)(H,31,33). The summed E-state index contributed by atoms with van der Waals surface area (Å²) in [6.45, 7) is 2.00. The molecule has 0 aliphatic heterocycles. The Morgan fingerprint density at radius 2 is 1.94 bits per heavy atom. The number of benzene rings is 2. The van der Waals surface area contributed by atoms with Gasteiger partial charge in [0, 0.05) is 41.2 Å². The first-order chi connectivity index (χ1) is 17.0. The number of aryl methyl sites for hydroxylation is 2. The molecule has 35 heavy (non-hydrogen) atoms. The van der Waals surface area contributed by atoms with Gasteiger partial charge in [-0.2, -0.15) is 0 Å². The summed E-state index contributed by atoms with van der Waals surface area (Å²) in [6, 6.07) is 18.0. The number of carbonyl (C=O) groups excluding carboxylic acids is 2. The van der Waals surface area contributed by atoms with Crippen molar-refractivity contribution in [3.63, 3.8) is 0 Å². The number of rotatable bonds is 8. The molecule has 2 aromatic heterocycles. The predicted octanol–water partition coefficient (Wildman–Crippen LogP) is 4.53. The third kappa shape index (κ3) is 6.21. The lowest BCUT2D eigenvalue weighted by atomic mass is 10.1. The molecule has 0 fully saturated rings. The molecule has 0 saturated carbocycles. The number of nitrogens with zero attached hydrogens (tertiary/aromatic N) is 2. The minimum Gasteiger partial charge on any atom is -0.441 e. The number of amides is 2. The number of aromatic nitrogens is 2. The van der Waals surface area contributed by atoms with E-state index in [1.807, 2.05) is 30.3 Å². The summed E-state index contributed by atoms with van der Waals surface area (Å²) in [6.07, 6.45) is 9.83. The second-order valence-corrected chi connectivity index (χ2v) is 7.92. The lowest BCUT2D eigenvalue weighted by Gasteiger charge is -2.06. The van der Waals surface area contributed by atoms with Gasteiger partial charge in [-0.3, -0.25) is 14.6 Å². The Hall–Kier alpha value is -4.70. The highest BCUT2D eigenvalue weighted by Gasteiger charge is 2.14. The molecular formula is C28H24N4O3. The molecule has 0 bridgehead atoms. The van der Waals surface area contributed by atoms with Gasteiger partial charge in [-0.1, -0.05) is 24.1 Å². The second kappa shape index (κ2) is 10.9. The lowest BCUT2D eigenvalue weighted by molar-refractivity contribution is -0.116. The number of hydrogen-bond acceptors (Lipinski definition) is 5. The summed E-state index contributed by atoms with van der Waals surface area (Å²) in [5.74, 6) is 3.19. The first-order valence-corrected chi connectivity index (χ1v) is 11.1. The zero-order chi connectivity index (χ0) is 24.6. The van der Waals surface area contributed by atoms with Crippen molar-refractivity contribution in [1.82, 2.24) is 15.3 Å². The molecule has 0 atom stereocenters. The molecule has 0 spiro atoms. The highest BCUT2D eigenvalue weighted by atomic mass is 16.4. The van der Waals surface area contributed by atoms with Crippen LogP contribution in [0.4, 0.5) is 5.69 Å². The van der Waals surface area contributed by atoms with Gasteiger partial charge in [0.2, 0.25) is 11.8 Å². The molecule has 0 saturated heterocycles. The third-order valence-electron chi connectivity index (χ3n) is 5.36. The zero-order valence-electron chi connectivity index (χ0n) is 19.2. The number of oxazole rings is 1. The van der Waals surface area contributed by atoms with Gasteiger partial charge in [-0.15, -0.1) is 6.42 Å². The summed E-state index contributed by atoms with van der Waals surface area (Å²) in [5, 5.41) is 5.76. The van der Waals surface area contributed by atoms with Crippen LogP contribution in [-0.4, -0.2) is 21.8 Å². The van der Waals surface area contributed by atoms with Crippen LogP contribution in [0.2, 0.25) is 0 Å². The van der Waals surface area contributed by atoms with Crippen LogP contribution in [0.5, 0.6) is 0 Å². The Morgan fingerprint density at radius 1 is 1.09 bits per heavy atom. The third-order valence-corrected chi connectivity index (χ3v) is 5.36. The van der Waals surface area contributed by atoms with E-state index in [1.165, 1.54) is 0 Å². The first-order valence-electron chi connectivity index (χ1n) is 11.1. The van der Waals surface area contributed by atoms with Crippen LogP contribution >= 0.6 is 0 Å². The van der Waals surface area contributed by atoms with Crippen LogP contribution < -0.4 is 10.6 Å². The van der Waals surface area contributed by atoms with Crippen molar-refractivity contribution in [1.29, 1.82) is 0 Å². The fourth-order valence-electron chi connectivity index (χ4n) is 3.49. The summed E-state index contributed by atoms with van der Waals surface area (Å²) in [5.41, 5.74) is 4.12.